The quantitative estimate of drug-likeness (QED) is 0.827. The Hall–Kier alpha value is -2.53. The van der Waals surface area contributed by atoms with E-state index in [9.17, 15) is 9.59 Å². The van der Waals surface area contributed by atoms with Gasteiger partial charge in [0.15, 0.2) is 0 Å². The van der Waals surface area contributed by atoms with Gasteiger partial charge in [-0.3, -0.25) is 4.79 Å². The highest BCUT2D eigenvalue weighted by molar-refractivity contribution is 6.34. The zero-order valence-corrected chi connectivity index (χ0v) is 14.4. The molecule has 0 aliphatic carbocycles. The Kier molecular flexibility index (Phi) is 5.82. The Bertz CT molecular complexity index is 774. The van der Waals surface area contributed by atoms with Crippen LogP contribution < -0.4 is 10.1 Å². The van der Waals surface area contributed by atoms with Crippen molar-refractivity contribution in [2.24, 2.45) is 0 Å². The summed E-state index contributed by atoms with van der Waals surface area (Å²) in [6.07, 6.45) is 0. The molecule has 1 amide bonds. The van der Waals surface area contributed by atoms with Crippen LogP contribution in [0.15, 0.2) is 36.4 Å². The first-order chi connectivity index (χ1) is 11.5. The van der Waals surface area contributed by atoms with E-state index in [1.807, 2.05) is 19.1 Å². The van der Waals surface area contributed by atoms with E-state index < -0.39 is 5.97 Å². The summed E-state index contributed by atoms with van der Waals surface area (Å²) < 4.78 is 10.2. The van der Waals surface area contributed by atoms with Crippen molar-refractivity contribution in [3.05, 3.63) is 58.1 Å². The SMILES string of the molecule is CCOC(=O)c1cc(Cl)c(NC(=O)c2ccccc2C)cc1OC. The molecule has 2 rings (SSSR count). The van der Waals surface area contributed by atoms with Gasteiger partial charge in [0, 0.05) is 11.6 Å². The van der Waals surface area contributed by atoms with E-state index in [0.29, 0.717) is 11.3 Å². The van der Waals surface area contributed by atoms with Gasteiger partial charge in [0.25, 0.3) is 5.91 Å². The lowest BCUT2D eigenvalue weighted by Gasteiger charge is -2.13. The number of carbonyl (C=O) groups is 2. The average molecular weight is 348 g/mol. The molecular weight excluding hydrogens is 330 g/mol. The second kappa shape index (κ2) is 7.84. The predicted molar refractivity (Wildman–Crippen MR) is 93.1 cm³/mol. The van der Waals surface area contributed by atoms with Crippen molar-refractivity contribution in [1.82, 2.24) is 0 Å². The number of halogens is 1. The molecule has 0 heterocycles. The molecule has 0 saturated heterocycles. The number of anilines is 1. The molecule has 6 heteroatoms. The van der Waals surface area contributed by atoms with Crippen LogP contribution >= 0.6 is 11.6 Å². The number of hydrogen-bond donors (Lipinski definition) is 1. The van der Waals surface area contributed by atoms with Crippen molar-refractivity contribution < 1.29 is 19.1 Å². The minimum absolute atomic E-state index is 0.207. The van der Waals surface area contributed by atoms with E-state index in [2.05, 4.69) is 5.32 Å². The third-order valence-corrected chi connectivity index (χ3v) is 3.74. The van der Waals surface area contributed by atoms with Crippen LogP contribution in [0.3, 0.4) is 0 Å². The van der Waals surface area contributed by atoms with Crippen LogP contribution in [0.1, 0.15) is 33.2 Å². The molecule has 0 spiro atoms. The zero-order valence-electron chi connectivity index (χ0n) is 13.7. The highest BCUT2D eigenvalue weighted by Gasteiger charge is 2.18. The molecule has 5 nitrogen and oxygen atoms in total. The Balaban J connectivity index is 2.33. The van der Waals surface area contributed by atoms with Crippen LogP contribution in [0.4, 0.5) is 5.69 Å². The summed E-state index contributed by atoms with van der Waals surface area (Å²) >= 11 is 6.20. The van der Waals surface area contributed by atoms with Crippen molar-refractivity contribution >= 4 is 29.2 Å². The van der Waals surface area contributed by atoms with E-state index in [4.69, 9.17) is 21.1 Å². The number of carbonyl (C=O) groups excluding carboxylic acids is 2. The molecule has 0 bridgehead atoms. The topological polar surface area (TPSA) is 64.6 Å². The summed E-state index contributed by atoms with van der Waals surface area (Å²) in [5.41, 5.74) is 1.95. The van der Waals surface area contributed by atoms with Gasteiger partial charge in [0.2, 0.25) is 0 Å². The van der Waals surface area contributed by atoms with Crippen molar-refractivity contribution in [3.63, 3.8) is 0 Å². The fourth-order valence-corrected chi connectivity index (χ4v) is 2.41. The summed E-state index contributed by atoms with van der Waals surface area (Å²) in [6, 6.07) is 10.1. The molecule has 24 heavy (non-hydrogen) atoms. The van der Waals surface area contributed by atoms with Crippen molar-refractivity contribution in [1.29, 1.82) is 0 Å². The molecule has 0 unspecified atom stereocenters. The summed E-state index contributed by atoms with van der Waals surface area (Å²) in [5.74, 6) is -0.549. The maximum Gasteiger partial charge on any atom is 0.341 e. The van der Waals surface area contributed by atoms with Crippen molar-refractivity contribution in [2.45, 2.75) is 13.8 Å². The number of ether oxygens (including phenoxy) is 2. The lowest BCUT2D eigenvalue weighted by atomic mass is 10.1. The molecule has 0 saturated carbocycles. The van der Waals surface area contributed by atoms with Gasteiger partial charge < -0.3 is 14.8 Å². The summed E-state index contributed by atoms with van der Waals surface area (Å²) in [6.45, 7) is 3.80. The zero-order chi connectivity index (χ0) is 17.7. The fourth-order valence-electron chi connectivity index (χ4n) is 2.20. The maximum atomic E-state index is 12.4. The summed E-state index contributed by atoms with van der Waals surface area (Å²) in [7, 11) is 1.43. The normalized spacial score (nSPS) is 10.2. The number of amides is 1. The Morgan fingerprint density at radius 2 is 1.88 bits per heavy atom. The Labute approximate surface area is 145 Å². The summed E-state index contributed by atoms with van der Waals surface area (Å²) in [4.78, 5) is 24.3. The highest BCUT2D eigenvalue weighted by atomic mass is 35.5. The number of aryl methyl sites for hydroxylation is 1. The van der Waals surface area contributed by atoms with Gasteiger partial charge in [0.1, 0.15) is 11.3 Å². The number of methoxy groups -OCH3 is 1. The van der Waals surface area contributed by atoms with Crippen LogP contribution in [0.2, 0.25) is 5.02 Å². The molecule has 2 aromatic carbocycles. The van der Waals surface area contributed by atoms with Crippen LogP contribution in [0, 0.1) is 6.92 Å². The molecule has 126 valence electrons. The van der Waals surface area contributed by atoms with Gasteiger partial charge in [-0.2, -0.15) is 0 Å². The minimum atomic E-state index is -0.534. The van der Waals surface area contributed by atoms with E-state index in [-0.39, 0.29) is 28.8 Å². The molecule has 0 radical (unpaired) electrons. The molecule has 2 aromatic rings. The third-order valence-electron chi connectivity index (χ3n) is 3.42. The monoisotopic (exact) mass is 347 g/mol. The maximum absolute atomic E-state index is 12.4. The van der Waals surface area contributed by atoms with E-state index in [1.54, 1.807) is 19.1 Å². The molecule has 0 aromatic heterocycles. The lowest BCUT2D eigenvalue weighted by molar-refractivity contribution is 0.0522. The first-order valence-corrected chi connectivity index (χ1v) is 7.77. The Morgan fingerprint density at radius 1 is 1.17 bits per heavy atom. The minimum Gasteiger partial charge on any atom is -0.496 e. The first kappa shape index (κ1) is 17.8. The second-order valence-corrected chi connectivity index (χ2v) is 5.43. The van der Waals surface area contributed by atoms with Gasteiger partial charge in [-0.15, -0.1) is 0 Å². The van der Waals surface area contributed by atoms with E-state index in [1.165, 1.54) is 19.2 Å². The third kappa shape index (κ3) is 3.86. The molecular formula is C18H18ClNO4. The number of nitrogens with one attached hydrogen (secondary N) is 1. The fraction of sp³-hybridized carbons (Fsp3) is 0.222. The smallest absolute Gasteiger partial charge is 0.341 e. The van der Waals surface area contributed by atoms with Crippen LogP contribution in [-0.2, 0) is 4.74 Å². The van der Waals surface area contributed by atoms with Gasteiger partial charge in [-0.05, 0) is 31.5 Å². The van der Waals surface area contributed by atoms with Crippen molar-refractivity contribution in [2.75, 3.05) is 19.0 Å². The van der Waals surface area contributed by atoms with E-state index >= 15 is 0 Å². The molecule has 1 N–H and O–H groups in total. The molecule has 0 aliphatic heterocycles. The first-order valence-electron chi connectivity index (χ1n) is 7.39. The van der Waals surface area contributed by atoms with Gasteiger partial charge in [-0.1, -0.05) is 29.8 Å². The highest BCUT2D eigenvalue weighted by Crippen LogP contribution is 2.32. The number of benzene rings is 2. The largest absolute Gasteiger partial charge is 0.496 e. The van der Waals surface area contributed by atoms with Crippen LogP contribution in [0.5, 0.6) is 5.75 Å². The van der Waals surface area contributed by atoms with Crippen LogP contribution in [-0.4, -0.2) is 25.6 Å². The lowest BCUT2D eigenvalue weighted by Crippen LogP contribution is -2.14. The molecule has 0 atom stereocenters. The molecule has 0 aliphatic rings. The second-order valence-electron chi connectivity index (χ2n) is 5.02. The van der Waals surface area contributed by atoms with Crippen molar-refractivity contribution in [3.8, 4) is 5.75 Å². The van der Waals surface area contributed by atoms with E-state index in [0.717, 1.165) is 5.56 Å². The Morgan fingerprint density at radius 3 is 2.50 bits per heavy atom. The standard InChI is InChI=1S/C18H18ClNO4/c1-4-24-18(22)13-9-14(19)15(10-16(13)23-3)20-17(21)12-8-6-5-7-11(12)2/h5-10H,4H2,1-3H3,(H,20,21). The average Bonchev–Trinajstić information content (AvgIpc) is 2.56. The van der Waals surface area contributed by atoms with Crippen LogP contribution in [0.25, 0.3) is 0 Å². The van der Waals surface area contributed by atoms with Gasteiger partial charge in [0.05, 0.1) is 24.4 Å². The van der Waals surface area contributed by atoms with Gasteiger partial charge in [-0.25, -0.2) is 4.79 Å². The number of hydrogen-bond acceptors (Lipinski definition) is 4. The predicted octanol–water partition coefficient (Wildman–Crippen LogP) is 4.09. The number of rotatable bonds is 5. The summed E-state index contributed by atoms with van der Waals surface area (Å²) in [5, 5.41) is 2.96. The number of esters is 1. The van der Waals surface area contributed by atoms with Gasteiger partial charge >= 0.3 is 5.97 Å². The molecule has 0 fully saturated rings.